The molecule has 0 aliphatic carbocycles. The molecule has 2 rings (SSSR count). The zero-order valence-electron chi connectivity index (χ0n) is 13.9. The van der Waals surface area contributed by atoms with E-state index in [9.17, 15) is 0 Å². The Morgan fingerprint density at radius 2 is 1.71 bits per heavy atom. The average molecular weight is 289 g/mol. The van der Waals surface area contributed by atoms with Crippen molar-refractivity contribution in [3.8, 4) is 0 Å². The van der Waals surface area contributed by atoms with E-state index in [2.05, 4.69) is 66.2 Å². The highest BCUT2D eigenvalue weighted by Crippen LogP contribution is 2.16. The molecule has 3 nitrogen and oxygen atoms in total. The van der Waals surface area contributed by atoms with Crippen LogP contribution in [0.25, 0.3) is 0 Å². The minimum absolute atomic E-state index is 0.619. The van der Waals surface area contributed by atoms with Gasteiger partial charge in [0, 0.05) is 44.5 Å². The van der Waals surface area contributed by atoms with Gasteiger partial charge >= 0.3 is 0 Å². The lowest BCUT2D eigenvalue weighted by Crippen LogP contribution is -2.52. The zero-order chi connectivity index (χ0) is 15.1. The number of piperazine rings is 1. The van der Waals surface area contributed by atoms with Crippen LogP contribution in [0, 0.1) is 5.92 Å². The van der Waals surface area contributed by atoms with E-state index < -0.39 is 0 Å². The second-order valence-corrected chi connectivity index (χ2v) is 6.43. The molecule has 0 saturated carbocycles. The molecule has 0 radical (unpaired) electrons. The molecule has 3 heteroatoms. The summed E-state index contributed by atoms with van der Waals surface area (Å²) in [7, 11) is 0. The maximum absolute atomic E-state index is 3.70. The second kappa shape index (κ2) is 8.40. The fourth-order valence-electron chi connectivity index (χ4n) is 2.95. The Morgan fingerprint density at radius 1 is 1.05 bits per heavy atom. The second-order valence-electron chi connectivity index (χ2n) is 6.43. The highest BCUT2D eigenvalue weighted by Gasteiger charge is 2.21. The lowest BCUT2D eigenvalue weighted by molar-refractivity contribution is 0.207. The third-order valence-electron chi connectivity index (χ3n) is 4.41. The molecular weight excluding hydrogens is 258 g/mol. The van der Waals surface area contributed by atoms with Crippen LogP contribution in [-0.4, -0.2) is 50.2 Å². The highest BCUT2D eigenvalue weighted by atomic mass is 15.3. The fourth-order valence-corrected chi connectivity index (χ4v) is 2.95. The number of hydrogen-bond acceptors (Lipinski definition) is 3. The third kappa shape index (κ3) is 5.01. The Balaban J connectivity index is 1.80. The normalized spacial score (nSPS) is 18.2. The third-order valence-corrected chi connectivity index (χ3v) is 4.41. The fraction of sp³-hybridized carbons (Fsp3) is 0.667. The number of benzene rings is 1. The summed E-state index contributed by atoms with van der Waals surface area (Å²) < 4.78 is 0. The van der Waals surface area contributed by atoms with Gasteiger partial charge in [0.25, 0.3) is 0 Å². The van der Waals surface area contributed by atoms with Gasteiger partial charge in [0.15, 0.2) is 0 Å². The summed E-state index contributed by atoms with van der Waals surface area (Å²) in [5.74, 6) is 0.698. The van der Waals surface area contributed by atoms with Gasteiger partial charge in [0.05, 0.1) is 0 Å². The summed E-state index contributed by atoms with van der Waals surface area (Å²) in [6, 6.07) is 11.4. The van der Waals surface area contributed by atoms with Crippen LogP contribution in [-0.2, 0) is 0 Å². The van der Waals surface area contributed by atoms with Crippen LogP contribution < -0.4 is 10.2 Å². The number of hydrogen-bond donors (Lipinski definition) is 1. The van der Waals surface area contributed by atoms with Gasteiger partial charge in [0.2, 0.25) is 0 Å². The Labute approximate surface area is 130 Å². The minimum Gasteiger partial charge on any atom is -0.369 e. The van der Waals surface area contributed by atoms with E-state index >= 15 is 0 Å². The van der Waals surface area contributed by atoms with Crippen molar-refractivity contribution in [3.05, 3.63) is 30.3 Å². The largest absolute Gasteiger partial charge is 0.369 e. The molecule has 0 amide bonds. The van der Waals surface area contributed by atoms with Gasteiger partial charge in [-0.3, -0.25) is 4.90 Å². The molecule has 1 fully saturated rings. The van der Waals surface area contributed by atoms with Crippen molar-refractivity contribution in [2.75, 3.05) is 44.2 Å². The summed E-state index contributed by atoms with van der Waals surface area (Å²) in [5.41, 5.74) is 1.36. The highest BCUT2D eigenvalue weighted by molar-refractivity contribution is 5.46. The molecule has 1 heterocycles. The van der Waals surface area contributed by atoms with Gasteiger partial charge in [-0.05, 0) is 31.0 Å². The summed E-state index contributed by atoms with van der Waals surface area (Å²) in [6.07, 6.45) is 1.21. The minimum atomic E-state index is 0.619. The number of anilines is 1. The molecule has 1 unspecified atom stereocenters. The first-order valence-electron chi connectivity index (χ1n) is 8.46. The van der Waals surface area contributed by atoms with Gasteiger partial charge in [0.1, 0.15) is 0 Å². The van der Waals surface area contributed by atoms with Crippen LogP contribution in [0.4, 0.5) is 5.69 Å². The quantitative estimate of drug-likeness (QED) is 0.833. The van der Waals surface area contributed by atoms with Gasteiger partial charge in [-0.2, -0.15) is 0 Å². The smallest absolute Gasteiger partial charge is 0.0367 e. The number of para-hydroxylation sites is 1. The van der Waals surface area contributed by atoms with Crippen LogP contribution in [0.2, 0.25) is 0 Å². The molecule has 1 saturated heterocycles. The van der Waals surface area contributed by atoms with Crippen molar-refractivity contribution in [1.29, 1.82) is 0 Å². The molecule has 21 heavy (non-hydrogen) atoms. The Kier molecular flexibility index (Phi) is 6.52. The summed E-state index contributed by atoms with van der Waals surface area (Å²) >= 11 is 0. The summed E-state index contributed by atoms with van der Waals surface area (Å²) in [4.78, 5) is 5.12. The van der Waals surface area contributed by atoms with Gasteiger partial charge in [-0.15, -0.1) is 0 Å². The molecule has 1 atom stereocenters. The monoisotopic (exact) mass is 289 g/mol. The lowest BCUT2D eigenvalue weighted by Gasteiger charge is -2.38. The zero-order valence-corrected chi connectivity index (χ0v) is 13.9. The first-order chi connectivity index (χ1) is 10.2. The maximum Gasteiger partial charge on any atom is 0.0367 e. The molecule has 118 valence electrons. The molecule has 1 aromatic rings. The van der Waals surface area contributed by atoms with Gasteiger partial charge < -0.3 is 10.2 Å². The standard InChI is InChI=1S/C18H31N3/c1-4-10-19-18(16(2)3)15-20-11-13-21(14-12-20)17-8-6-5-7-9-17/h5-9,16,18-19H,4,10-15H2,1-3H3. The molecule has 0 bridgehead atoms. The van der Waals surface area contributed by atoms with Crippen molar-refractivity contribution >= 4 is 5.69 Å². The molecule has 0 spiro atoms. The molecule has 1 aliphatic rings. The topological polar surface area (TPSA) is 18.5 Å². The van der Waals surface area contributed by atoms with E-state index in [1.165, 1.54) is 31.7 Å². The Bertz CT molecular complexity index is 383. The lowest BCUT2D eigenvalue weighted by atomic mass is 10.0. The molecule has 1 aliphatic heterocycles. The van der Waals surface area contributed by atoms with E-state index in [1.807, 2.05) is 0 Å². The number of rotatable bonds is 7. The summed E-state index contributed by atoms with van der Waals surface area (Å²) in [6.45, 7) is 13.8. The van der Waals surface area contributed by atoms with E-state index in [-0.39, 0.29) is 0 Å². The van der Waals surface area contributed by atoms with E-state index in [1.54, 1.807) is 0 Å². The molecular formula is C18H31N3. The van der Waals surface area contributed by atoms with Crippen LogP contribution in [0.1, 0.15) is 27.2 Å². The number of nitrogens with zero attached hydrogens (tertiary/aromatic N) is 2. The molecule has 0 aromatic heterocycles. The van der Waals surface area contributed by atoms with Crippen molar-refractivity contribution < 1.29 is 0 Å². The maximum atomic E-state index is 3.70. The van der Waals surface area contributed by atoms with Crippen LogP contribution in [0.5, 0.6) is 0 Å². The van der Waals surface area contributed by atoms with Crippen LogP contribution >= 0.6 is 0 Å². The van der Waals surface area contributed by atoms with E-state index in [4.69, 9.17) is 0 Å². The van der Waals surface area contributed by atoms with Gasteiger partial charge in [-0.25, -0.2) is 0 Å². The van der Waals surface area contributed by atoms with Crippen molar-refractivity contribution in [1.82, 2.24) is 10.2 Å². The SMILES string of the molecule is CCCNC(CN1CCN(c2ccccc2)CC1)C(C)C. The predicted octanol–water partition coefficient (Wildman–Crippen LogP) is 2.83. The van der Waals surface area contributed by atoms with Crippen LogP contribution in [0.3, 0.4) is 0 Å². The van der Waals surface area contributed by atoms with E-state index in [0.29, 0.717) is 12.0 Å². The van der Waals surface area contributed by atoms with E-state index in [0.717, 1.165) is 19.6 Å². The van der Waals surface area contributed by atoms with Gasteiger partial charge in [-0.1, -0.05) is 39.0 Å². The average Bonchev–Trinajstić information content (AvgIpc) is 2.52. The number of nitrogens with one attached hydrogen (secondary N) is 1. The first-order valence-corrected chi connectivity index (χ1v) is 8.46. The molecule has 1 N–H and O–H groups in total. The Hall–Kier alpha value is -1.06. The predicted molar refractivity (Wildman–Crippen MR) is 92.0 cm³/mol. The van der Waals surface area contributed by atoms with Crippen LogP contribution in [0.15, 0.2) is 30.3 Å². The van der Waals surface area contributed by atoms with Crippen molar-refractivity contribution in [3.63, 3.8) is 0 Å². The first kappa shape index (κ1) is 16.3. The summed E-state index contributed by atoms with van der Waals surface area (Å²) in [5, 5.41) is 3.70. The van der Waals surface area contributed by atoms with Crippen molar-refractivity contribution in [2.24, 2.45) is 5.92 Å². The Morgan fingerprint density at radius 3 is 2.29 bits per heavy atom. The molecule has 1 aromatic carbocycles. The van der Waals surface area contributed by atoms with Crippen molar-refractivity contribution in [2.45, 2.75) is 33.2 Å².